The van der Waals surface area contributed by atoms with Gasteiger partial charge >= 0.3 is 6.03 Å². The summed E-state index contributed by atoms with van der Waals surface area (Å²) in [5, 5.41) is 15.9. The van der Waals surface area contributed by atoms with Gasteiger partial charge in [0.1, 0.15) is 28.0 Å². The van der Waals surface area contributed by atoms with Gasteiger partial charge in [0.25, 0.3) is 0 Å². The Labute approximate surface area is 308 Å². The minimum Gasteiger partial charge on any atom is -0.493 e. The van der Waals surface area contributed by atoms with Gasteiger partial charge in [-0.1, -0.05) is 11.3 Å². The van der Waals surface area contributed by atoms with Crippen LogP contribution in [0.5, 0.6) is 46.0 Å². The average Bonchev–Trinajstić information content (AvgIpc) is 3.59. The number of ether oxygens (including phenoxy) is 6. The smallest absolute Gasteiger partial charge is 0.325 e. The molecular weight excluding hydrogens is 699 g/mol. The van der Waals surface area contributed by atoms with Crippen LogP contribution in [0.3, 0.4) is 0 Å². The Morgan fingerprint density at radius 2 is 1.08 bits per heavy atom. The standard InChI is InChI=1S/C21H19N5O4S.C17H16N2O3/c1-12-25-26-21(31-12)24-20(27)23-13-4-6-14(7-5-13)30-17-8-9-22-16-11-19(29-3)18(28-2)10-15(16)17;1-20-16-9-13-14(10-17(16)21-2)19-8-7-15(13)22-12-5-3-11(18)4-6-12/h4-11H,1-3H3,(H2,23,24,26,27);3-10H,18H2,1-2H3. The highest BCUT2D eigenvalue weighted by Gasteiger charge is 2.13. The predicted octanol–water partition coefficient (Wildman–Crippen LogP) is 8.47. The number of aromatic nitrogens is 4. The van der Waals surface area contributed by atoms with Crippen LogP contribution in [0.25, 0.3) is 21.8 Å². The molecule has 7 aromatic rings. The normalized spacial score (nSPS) is 10.5. The first-order valence-corrected chi connectivity index (χ1v) is 16.8. The van der Waals surface area contributed by atoms with Crippen molar-refractivity contribution in [3.63, 3.8) is 0 Å². The molecule has 3 aromatic heterocycles. The lowest BCUT2D eigenvalue weighted by atomic mass is 10.2. The third kappa shape index (κ3) is 8.72. The number of urea groups is 1. The maximum absolute atomic E-state index is 12.1. The van der Waals surface area contributed by atoms with Gasteiger partial charge in [0.05, 0.1) is 39.5 Å². The maximum atomic E-state index is 12.1. The number of rotatable bonds is 10. The summed E-state index contributed by atoms with van der Waals surface area (Å²) in [6.45, 7) is 1.82. The molecule has 3 heterocycles. The molecule has 2 amide bonds. The molecule has 0 bridgehead atoms. The number of aryl methyl sites for hydroxylation is 1. The Bertz CT molecular complexity index is 2350. The van der Waals surface area contributed by atoms with Gasteiger partial charge in [0.2, 0.25) is 5.13 Å². The molecule has 0 unspecified atom stereocenters. The van der Waals surface area contributed by atoms with Gasteiger partial charge in [0, 0.05) is 46.7 Å². The van der Waals surface area contributed by atoms with E-state index in [1.165, 1.54) is 11.3 Å². The van der Waals surface area contributed by atoms with Crippen LogP contribution in [-0.2, 0) is 0 Å². The molecule has 0 spiro atoms. The quantitative estimate of drug-likeness (QED) is 0.115. The molecule has 0 aliphatic carbocycles. The summed E-state index contributed by atoms with van der Waals surface area (Å²) in [6.07, 6.45) is 3.36. The fraction of sp³-hybridized carbons (Fsp3) is 0.132. The minimum absolute atomic E-state index is 0.397. The third-order valence-corrected chi connectivity index (χ3v) is 8.36. The number of nitrogens with one attached hydrogen (secondary N) is 2. The monoisotopic (exact) mass is 733 g/mol. The first-order chi connectivity index (χ1) is 25.8. The molecule has 0 aliphatic heterocycles. The van der Waals surface area contributed by atoms with E-state index in [0.29, 0.717) is 62.5 Å². The zero-order valence-corrected chi connectivity index (χ0v) is 30.2. The van der Waals surface area contributed by atoms with E-state index in [1.807, 2.05) is 43.3 Å². The van der Waals surface area contributed by atoms with E-state index in [1.54, 1.807) is 89.4 Å². The Hall–Kier alpha value is -6.87. The predicted molar refractivity (Wildman–Crippen MR) is 204 cm³/mol. The molecule has 0 fully saturated rings. The lowest BCUT2D eigenvalue weighted by Crippen LogP contribution is -2.19. The number of methoxy groups -OCH3 is 4. The first-order valence-electron chi connectivity index (χ1n) is 16.0. The number of nitrogen functional groups attached to an aromatic ring is 1. The van der Waals surface area contributed by atoms with Gasteiger partial charge in [-0.25, -0.2) is 4.79 Å². The van der Waals surface area contributed by atoms with Crippen LogP contribution < -0.4 is 44.8 Å². The van der Waals surface area contributed by atoms with Crippen molar-refractivity contribution < 1.29 is 33.2 Å². The van der Waals surface area contributed by atoms with Crippen molar-refractivity contribution in [1.82, 2.24) is 20.2 Å². The molecule has 7 rings (SSSR count). The molecule has 15 heteroatoms. The Balaban J connectivity index is 0.000000192. The number of nitrogens with zero attached hydrogens (tertiary/aromatic N) is 4. The second-order valence-corrected chi connectivity index (χ2v) is 12.3. The molecule has 0 saturated carbocycles. The van der Waals surface area contributed by atoms with Crippen molar-refractivity contribution in [3.8, 4) is 46.0 Å². The van der Waals surface area contributed by atoms with E-state index in [-0.39, 0.29) is 0 Å². The van der Waals surface area contributed by atoms with Crippen molar-refractivity contribution in [2.75, 3.05) is 44.8 Å². The summed E-state index contributed by atoms with van der Waals surface area (Å²) in [5.74, 6) is 5.06. The zero-order valence-electron chi connectivity index (χ0n) is 29.4. The summed E-state index contributed by atoms with van der Waals surface area (Å²) in [4.78, 5) is 20.8. The van der Waals surface area contributed by atoms with Gasteiger partial charge in [-0.3, -0.25) is 15.3 Å². The number of fused-ring (bicyclic) bond motifs is 2. The summed E-state index contributed by atoms with van der Waals surface area (Å²) in [5.41, 5.74) is 8.47. The van der Waals surface area contributed by atoms with Gasteiger partial charge < -0.3 is 39.5 Å². The highest BCUT2D eigenvalue weighted by atomic mass is 32.1. The average molecular weight is 734 g/mol. The SMILES string of the molecule is COc1cc2nccc(Oc3ccc(N)cc3)c2cc1OC.COc1cc2nccc(Oc3ccc(NC(=O)Nc4nnc(C)s4)cc3)c2cc1OC. The maximum Gasteiger partial charge on any atom is 0.325 e. The van der Waals surface area contributed by atoms with Crippen LogP contribution >= 0.6 is 11.3 Å². The van der Waals surface area contributed by atoms with Crippen LogP contribution in [0, 0.1) is 6.92 Å². The Kier molecular flexibility index (Phi) is 11.1. The third-order valence-electron chi connectivity index (χ3n) is 7.61. The number of nitrogens with two attached hydrogens (primary N) is 1. The molecule has 53 heavy (non-hydrogen) atoms. The summed E-state index contributed by atoms with van der Waals surface area (Å²) < 4.78 is 33.3. The molecule has 4 aromatic carbocycles. The topological polar surface area (TPSA) is 174 Å². The number of carbonyl (C=O) groups is 1. The van der Waals surface area contributed by atoms with Crippen molar-refractivity contribution >= 4 is 55.7 Å². The highest BCUT2D eigenvalue weighted by molar-refractivity contribution is 7.15. The van der Waals surface area contributed by atoms with Gasteiger partial charge in [0.15, 0.2) is 23.0 Å². The van der Waals surface area contributed by atoms with E-state index in [2.05, 4.69) is 30.8 Å². The summed E-state index contributed by atoms with van der Waals surface area (Å²) in [6, 6.07) is 24.7. The molecular formula is C38H35N7O7S. The molecule has 270 valence electrons. The lowest BCUT2D eigenvalue weighted by molar-refractivity contribution is 0.262. The van der Waals surface area contributed by atoms with E-state index in [0.717, 1.165) is 26.8 Å². The molecule has 4 N–H and O–H groups in total. The molecule has 0 saturated heterocycles. The van der Waals surface area contributed by atoms with Crippen LogP contribution in [0.4, 0.5) is 21.3 Å². The van der Waals surface area contributed by atoms with Crippen LogP contribution in [0.1, 0.15) is 5.01 Å². The highest BCUT2D eigenvalue weighted by Crippen LogP contribution is 2.38. The Morgan fingerprint density at radius 1 is 0.604 bits per heavy atom. The number of anilines is 3. The zero-order chi connectivity index (χ0) is 37.3. The lowest BCUT2D eigenvalue weighted by Gasteiger charge is -2.12. The number of pyridine rings is 2. The fourth-order valence-electron chi connectivity index (χ4n) is 5.08. The number of carbonyl (C=O) groups excluding carboxylic acids is 1. The Morgan fingerprint density at radius 3 is 1.53 bits per heavy atom. The molecule has 14 nitrogen and oxygen atoms in total. The number of hydrogen-bond donors (Lipinski definition) is 3. The number of hydrogen-bond acceptors (Lipinski definition) is 13. The first kappa shape index (κ1) is 35.9. The van der Waals surface area contributed by atoms with Crippen molar-refractivity contribution in [2.45, 2.75) is 6.92 Å². The fourth-order valence-corrected chi connectivity index (χ4v) is 5.66. The van der Waals surface area contributed by atoms with Crippen LogP contribution in [0.15, 0.2) is 97.3 Å². The van der Waals surface area contributed by atoms with E-state index in [9.17, 15) is 4.79 Å². The minimum atomic E-state index is -0.397. The van der Waals surface area contributed by atoms with Gasteiger partial charge in [-0.15, -0.1) is 10.2 Å². The van der Waals surface area contributed by atoms with Crippen molar-refractivity contribution in [3.05, 3.63) is 102 Å². The van der Waals surface area contributed by atoms with Crippen LogP contribution in [0.2, 0.25) is 0 Å². The second kappa shape index (κ2) is 16.4. The van der Waals surface area contributed by atoms with E-state index < -0.39 is 6.03 Å². The van der Waals surface area contributed by atoms with Gasteiger partial charge in [-0.2, -0.15) is 0 Å². The van der Waals surface area contributed by atoms with Crippen molar-refractivity contribution in [1.29, 1.82) is 0 Å². The van der Waals surface area contributed by atoms with Crippen LogP contribution in [-0.4, -0.2) is 54.6 Å². The van der Waals surface area contributed by atoms with Gasteiger partial charge in [-0.05, 0) is 79.7 Å². The second-order valence-electron chi connectivity index (χ2n) is 11.1. The summed E-state index contributed by atoms with van der Waals surface area (Å²) in [7, 11) is 6.35. The van der Waals surface area contributed by atoms with E-state index >= 15 is 0 Å². The largest absolute Gasteiger partial charge is 0.493 e. The molecule has 0 aliphatic rings. The summed E-state index contributed by atoms with van der Waals surface area (Å²) >= 11 is 1.30. The number of benzene rings is 4. The molecule has 0 atom stereocenters. The molecule has 0 radical (unpaired) electrons. The number of amides is 2. The van der Waals surface area contributed by atoms with Crippen molar-refractivity contribution in [2.24, 2.45) is 0 Å². The van der Waals surface area contributed by atoms with E-state index in [4.69, 9.17) is 34.2 Å².